The molecule has 1 aromatic carbocycles. The number of likely N-dealkylation sites (tertiary alicyclic amines) is 1. The van der Waals surface area contributed by atoms with E-state index in [0.29, 0.717) is 30.5 Å². The van der Waals surface area contributed by atoms with Gasteiger partial charge in [-0.25, -0.2) is 9.78 Å². The molecule has 0 spiro atoms. The van der Waals surface area contributed by atoms with Crippen molar-refractivity contribution >= 4 is 23.2 Å². The normalized spacial score (nSPS) is 14.5. The predicted molar refractivity (Wildman–Crippen MR) is 123 cm³/mol. The van der Waals surface area contributed by atoms with E-state index in [1.807, 2.05) is 44.4 Å². The van der Waals surface area contributed by atoms with Crippen LogP contribution in [0.3, 0.4) is 0 Å². The largest absolute Gasteiger partial charge is 0.506 e. The number of rotatable bonds is 5. The van der Waals surface area contributed by atoms with Gasteiger partial charge in [0, 0.05) is 30.8 Å². The molecule has 0 radical (unpaired) electrons. The predicted octanol–water partition coefficient (Wildman–Crippen LogP) is 5.17. The van der Waals surface area contributed by atoms with E-state index in [1.165, 1.54) is 0 Å². The maximum absolute atomic E-state index is 12.1. The number of carbonyl (C=O) groups excluding carboxylic acids is 1. The van der Waals surface area contributed by atoms with Crippen molar-refractivity contribution in [3.8, 4) is 22.6 Å². The summed E-state index contributed by atoms with van der Waals surface area (Å²) in [4.78, 5) is 18.1. The molecular formula is C24H28ClN3O4. The third kappa shape index (κ3) is 4.63. The van der Waals surface area contributed by atoms with Crippen LogP contribution in [0.4, 0.5) is 4.79 Å². The van der Waals surface area contributed by atoms with Crippen LogP contribution in [-0.2, 0) is 11.2 Å². The number of hydrogen-bond donors (Lipinski definition) is 1. The quantitative estimate of drug-likeness (QED) is 0.572. The number of carbonyl (C=O) groups is 1. The Morgan fingerprint density at radius 2 is 2.03 bits per heavy atom. The summed E-state index contributed by atoms with van der Waals surface area (Å²) in [5.41, 5.74) is 3.22. The third-order valence-electron chi connectivity index (χ3n) is 5.43. The number of ether oxygens (including phenoxy) is 2. The molecule has 1 fully saturated rings. The molecule has 170 valence electrons. The fourth-order valence-corrected chi connectivity index (χ4v) is 3.95. The van der Waals surface area contributed by atoms with Crippen molar-refractivity contribution in [1.29, 1.82) is 0 Å². The second-order valence-corrected chi connectivity index (χ2v) is 9.56. The Bertz CT molecular complexity index is 1150. The Labute approximate surface area is 192 Å². The lowest BCUT2D eigenvalue weighted by Gasteiger charge is -2.39. The number of amides is 1. The standard InChI is InChI=1S/C24H28ClN3O4/c1-5-16-6-21(29)19(25)8-18(16)17-7-22(20-9-26-14-28(20)12-17)31-13-15-10-27(11-15)23(30)32-24(2,3)4/h6-9,12,14-15,29H,5,10-11,13H2,1-4H3. The number of benzene rings is 1. The summed E-state index contributed by atoms with van der Waals surface area (Å²) >= 11 is 6.20. The molecule has 0 bridgehead atoms. The topological polar surface area (TPSA) is 76.3 Å². The molecule has 0 saturated carbocycles. The summed E-state index contributed by atoms with van der Waals surface area (Å²) in [6.45, 7) is 9.32. The summed E-state index contributed by atoms with van der Waals surface area (Å²) in [6.07, 6.45) is 5.93. The van der Waals surface area contributed by atoms with E-state index in [-0.39, 0.29) is 17.8 Å². The molecule has 1 aliphatic heterocycles. The van der Waals surface area contributed by atoms with Gasteiger partial charge in [-0.3, -0.25) is 0 Å². The minimum absolute atomic E-state index is 0.0759. The average molecular weight is 458 g/mol. The van der Waals surface area contributed by atoms with Crippen LogP contribution in [-0.4, -0.2) is 50.8 Å². The molecule has 8 heteroatoms. The number of phenolic OH excluding ortho intramolecular Hbond substituents is 1. The van der Waals surface area contributed by atoms with Crippen LogP contribution in [0.5, 0.6) is 11.5 Å². The summed E-state index contributed by atoms with van der Waals surface area (Å²) in [6, 6.07) is 5.46. The van der Waals surface area contributed by atoms with Crippen molar-refractivity contribution in [1.82, 2.24) is 14.3 Å². The van der Waals surface area contributed by atoms with E-state index >= 15 is 0 Å². The van der Waals surface area contributed by atoms with Gasteiger partial charge < -0.3 is 23.9 Å². The molecule has 1 aliphatic rings. The number of pyridine rings is 1. The highest BCUT2D eigenvalue weighted by atomic mass is 35.5. The molecule has 4 rings (SSSR count). The first-order valence-corrected chi connectivity index (χ1v) is 11.1. The number of aromatic hydroxyl groups is 1. The maximum atomic E-state index is 12.1. The SMILES string of the molecule is CCc1cc(O)c(Cl)cc1-c1cc(OCC2CN(C(=O)OC(C)(C)C)C2)c2cncn2c1. The fraction of sp³-hybridized carbons (Fsp3) is 0.417. The van der Waals surface area contributed by atoms with E-state index in [0.717, 1.165) is 28.6 Å². The van der Waals surface area contributed by atoms with Crippen LogP contribution >= 0.6 is 11.6 Å². The van der Waals surface area contributed by atoms with Gasteiger partial charge in [-0.15, -0.1) is 0 Å². The third-order valence-corrected chi connectivity index (χ3v) is 5.73. The minimum atomic E-state index is -0.499. The number of nitrogens with zero attached hydrogens (tertiary/aromatic N) is 3. The molecule has 7 nitrogen and oxygen atoms in total. The number of aryl methyl sites for hydroxylation is 1. The summed E-state index contributed by atoms with van der Waals surface area (Å²) < 4.78 is 13.5. The zero-order chi connectivity index (χ0) is 23.0. The summed E-state index contributed by atoms with van der Waals surface area (Å²) in [7, 11) is 0. The van der Waals surface area contributed by atoms with Crippen LogP contribution in [0.25, 0.3) is 16.6 Å². The van der Waals surface area contributed by atoms with Gasteiger partial charge >= 0.3 is 6.09 Å². The highest BCUT2D eigenvalue weighted by molar-refractivity contribution is 6.32. The lowest BCUT2D eigenvalue weighted by atomic mass is 9.98. The van der Waals surface area contributed by atoms with Crippen molar-refractivity contribution in [2.45, 2.75) is 39.7 Å². The molecule has 1 N–H and O–H groups in total. The molecule has 0 atom stereocenters. The number of aromatic nitrogens is 2. The maximum Gasteiger partial charge on any atom is 0.410 e. The smallest absolute Gasteiger partial charge is 0.410 e. The van der Waals surface area contributed by atoms with Gasteiger partial charge in [-0.1, -0.05) is 18.5 Å². The van der Waals surface area contributed by atoms with E-state index in [2.05, 4.69) is 4.98 Å². The lowest BCUT2D eigenvalue weighted by molar-refractivity contribution is -0.00774. The van der Waals surface area contributed by atoms with Crippen molar-refractivity contribution in [3.63, 3.8) is 0 Å². The van der Waals surface area contributed by atoms with E-state index < -0.39 is 5.60 Å². The van der Waals surface area contributed by atoms with Gasteiger partial charge in [0.15, 0.2) is 0 Å². The van der Waals surface area contributed by atoms with Crippen LogP contribution in [0, 0.1) is 5.92 Å². The van der Waals surface area contributed by atoms with Gasteiger partial charge in [-0.05, 0) is 56.5 Å². The zero-order valence-electron chi connectivity index (χ0n) is 18.8. The number of halogens is 1. The molecule has 1 saturated heterocycles. The van der Waals surface area contributed by atoms with Gasteiger partial charge in [0.25, 0.3) is 0 Å². The van der Waals surface area contributed by atoms with Crippen molar-refractivity contribution in [2.75, 3.05) is 19.7 Å². The molecule has 2 aromatic heterocycles. The number of imidazole rings is 1. The van der Waals surface area contributed by atoms with Crippen molar-refractivity contribution < 1.29 is 19.4 Å². The molecule has 0 aliphatic carbocycles. The second kappa shape index (κ2) is 8.54. The van der Waals surface area contributed by atoms with Gasteiger partial charge in [0.1, 0.15) is 22.6 Å². The molecule has 1 amide bonds. The Morgan fingerprint density at radius 3 is 2.72 bits per heavy atom. The van der Waals surface area contributed by atoms with Gasteiger partial charge in [-0.2, -0.15) is 0 Å². The first-order chi connectivity index (χ1) is 15.1. The molecule has 3 aromatic rings. The molecular weight excluding hydrogens is 430 g/mol. The van der Waals surface area contributed by atoms with Crippen molar-refractivity contribution in [3.05, 3.63) is 47.5 Å². The van der Waals surface area contributed by atoms with Crippen LogP contribution in [0.2, 0.25) is 5.02 Å². The molecule has 0 unspecified atom stereocenters. The minimum Gasteiger partial charge on any atom is -0.506 e. The number of hydrogen-bond acceptors (Lipinski definition) is 5. The van der Waals surface area contributed by atoms with Crippen LogP contribution < -0.4 is 4.74 Å². The Morgan fingerprint density at radius 1 is 1.28 bits per heavy atom. The van der Waals surface area contributed by atoms with E-state index in [1.54, 1.807) is 29.6 Å². The highest BCUT2D eigenvalue weighted by Crippen LogP contribution is 2.36. The van der Waals surface area contributed by atoms with Crippen LogP contribution in [0.15, 0.2) is 36.9 Å². The van der Waals surface area contributed by atoms with Gasteiger partial charge in [0.05, 0.1) is 24.2 Å². The zero-order valence-corrected chi connectivity index (χ0v) is 19.5. The first-order valence-electron chi connectivity index (χ1n) is 10.7. The molecule has 3 heterocycles. The van der Waals surface area contributed by atoms with Crippen LogP contribution in [0.1, 0.15) is 33.3 Å². The Hall–Kier alpha value is -2.93. The monoisotopic (exact) mass is 457 g/mol. The highest BCUT2D eigenvalue weighted by Gasteiger charge is 2.34. The summed E-state index contributed by atoms with van der Waals surface area (Å²) in [5, 5.41) is 10.3. The second-order valence-electron chi connectivity index (χ2n) is 9.16. The Balaban J connectivity index is 1.51. The van der Waals surface area contributed by atoms with Gasteiger partial charge in [0.2, 0.25) is 0 Å². The molecule has 32 heavy (non-hydrogen) atoms. The Kier molecular flexibility index (Phi) is 5.95. The average Bonchev–Trinajstić information content (AvgIpc) is 3.15. The first kappa shape index (κ1) is 22.3. The number of phenols is 1. The van der Waals surface area contributed by atoms with E-state index in [9.17, 15) is 9.90 Å². The van der Waals surface area contributed by atoms with E-state index in [4.69, 9.17) is 21.1 Å². The van der Waals surface area contributed by atoms with Crippen molar-refractivity contribution in [2.24, 2.45) is 5.92 Å². The number of fused-ring (bicyclic) bond motifs is 1. The fourth-order valence-electron chi connectivity index (χ4n) is 3.79. The lowest BCUT2D eigenvalue weighted by Crippen LogP contribution is -2.53. The summed E-state index contributed by atoms with van der Waals surface area (Å²) in [5.74, 6) is 1.03.